The topological polar surface area (TPSA) is 24.5 Å². The predicted octanol–water partition coefficient (Wildman–Crippen LogP) is 2.90. The minimum absolute atomic E-state index is 0.466. The summed E-state index contributed by atoms with van der Waals surface area (Å²) in [4.78, 5) is 2.60. The average Bonchev–Trinajstić information content (AvgIpc) is 2.44. The Hall–Kier alpha value is -0.120. The van der Waals surface area contributed by atoms with E-state index in [2.05, 4.69) is 37.9 Å². The number of ether oxygens (including phenoxy) is 1. The van der Waals surface area contributed by atoms with Crippen LogP contribution in [-0.4, -0.2) is 49.8 Å². The lowest BCUT2D eigenvalue weighted by Crippen LogP contribution is -2.49. The molecule has 0 aromatic carbocycles. The van der Waals surface area contributed by atoms with Gasteiger partial charge in [-0.3, -0.25) is 4.90 Å². The van der Waals surface area contributed by atoms with E-state index < -0.39 is 0 Å². The molecule has 1 heterocycles. The standard InChI is InChI=1S/C16H34N2O/c1-5-11-19-15-9-8-10-18(12-15)13-16(17-7-3)14(4)6-2/h14-17H,5-13H2,1-4H3. The minimum Gasteiger partial charge on any atom is -0.377 e. The Balaban J connectivity index is 2.40. The highest BCUT2D eigenvalue weighted by atomic mass is 16.5. The first-order chi connectivity index (χ1) is 9.21. The van der Waals surface area contributed by atoms with E-state index in [0.717, 1.165) is 32.0 Å². The number of hydrogen-bond acceptors (Lipinski definition) is 3. The fourth-order valence-corrected chi connectivity index (χ4v) is 2.87. The summed E-state index contributed by atoms with van der Waals surface area (Å²) in [5, 5.41) is 3.66. The van der Waals surface area contributed by atoms with Crippen LogP contribution >= 0.6 is 0 Å². The van der Waals surface area contributed by atoms with Gasteiger partial charge in [0.2, 0.25) is 0 Å². The van der Waals surface area contributed by atoms with Gasteiger partial charge in [0.15, 0.2) is 0 Å². The van der Waals surface area contributed by atoms with Gasteiger partial charge in [-0.25, -0.2) is 0 Å². The minimum atomic E-state index is 0.466. The highest BCUT2D eigenvalue weighted by Crippen LogP contribution is 2.16. The summed E-state index contributed by atoms with van der Waals surface area (Å²) >= 11 is 0. The Morgan fingerprint density at radius 2 is 2.11 bits per heavy atom. The van der Waals surface area contributed by atoms with Crippen molar-refractivity contribution >= 4 is 0 Å². The van der Waals surface area contributed by atoms with Gasteiger partial charge in [0.1, 0.15) is 0 Å². The zero-order chi connectivity index (χ0) is 14.1. The van der Waals surface area contributed by atoms with Crippen molar-refractivity contribution < 1.29 is 4.74 Å². The average molecular weight is 270 g/mol. The molecule has 0 spiro atoms. The summed E-state index contributed by atoms with van der Waals surface area (Å²) in [7, 11) is 0. The SMILES string of the molecule is CCCOC1CCCN(CC(NCC)C(C)CC)C1. The van der Waals surface area contributed by atoms with Crippen LogP contribution < -0.4 is 5.32 Å². The van der Waals surface area contributed by atoms with Crippen molar-refractivity contribution in [2.75, 3.05) is 32.8 Å². The molecule has 3 heteroatoms. The molecule has 114 valence electrons. The van der Waals surface area contributed by atoms with Crippen LogP contribution in [0.3, 0.4) is 0 Å². The molecule has 0 aromatic heterocycles. The summed E-state index contributed by atoms with van der Waals surface area (Å²) in [6, 6.07) is 0.625. The maximum absolute atomic E-state index is 5.93. The second-order valence-corrected chi connectivity index (χ2v) is 5.94. The molecule has 0 amide bonds. The maximum Gasteiger partial charge on any atom is 0.0702 e. The molecular formula is C16H34N2O. The molecule has 0 saturated carbocycles. The Morgan fingerprint density at radius 1 is 1.32 bits per heavy atom. The lowest BCUT2D eigenvalue weighted by molar-refractivity contribution is -0.00374. The molecule has 0 bridgehead atoms. The smallest absolute Gasteiger partial charge is 0.0702 e. The van der Waals surface area contributed by atoms with Crippen molar-refractivity contribution in [2.24, 2.45) is 5.92 Å². The van der Waals surface area contributed by atoms with E-state index in [1.54, 1.807) is 0 Å². The zero-order valence-electron chi connectivity index (χ0n) is 13.5. The van der Waals surface area contributed by atoms with Gasteiger partial charge < -0.3 is 10.1 Å². The highest BCUT2D eigenvalue weighted by molar-refractivity contribution is 4.80. The molecular weight excluding hydrogens is 236 g/mol. The Bertz CT molecular complexity index is 223. The first-order valence-corrected chi connectivity index (χ1v) is 8.28. The van der Waals surface area contributed by atoms with E-state index in [0.29, 0.717) is 12.1 Å². The number of piperidine rings is 1. The van der Waals surface area contributed by atoms with Gasteiger partial charge in [-0.05, 0) is 38.3 Å². The maximum atomic E-state index is 5.93. The first-order valence-electron chi connectivity index (χ1n) is 8.28. The molecule has 1 saturated heterocycles. The number of likely N-dealkylation sites (tertiary alicyclic amines) is 1. The molecule has 19 heavy (non-hydrogen) atoms. The highest BCUT2D eigenvalue weighted by Gasteiger charge is 2.24. The fraction of sp³-hybridized carbons (Fsp3) is 1.00. The Morgan fingerprint density at radius 3 is 2.74 bits per heavy atom. The summed E-state index contributed by atoms with van der Waals surface area (Å²) < 4.78 is 5.93. The van der Waals surface area contributed by atoms with E-state index in [9.17, 15) is 0 Å². The molecule has 0 radical (unpaired) electrons. The van der Waals surface area contributed by atoms with Crippen LogP contribution in [0.25, 0.3) is 0 Å². The van der Waals surface area contributed by atoms with Crippen LogP contribution in [0.5, 0.6) is 0 Å². The normalized spacial score (nSPS) is 24.3. The third-order valence-electron chi connectivity index (χ3n) is 4.27. The lowest BCUT2D eigenvalue weighted by Gasteiger charge is -2.36. The Kier molecular flexibility index (Phi) is 8.67. The van der Waals surface area contributed by atoms with Crippen LogP contribution in [0.15, 0.2) is 0 Å². The van der Waals surface area contributed by atoms with Crippen molar-refractivity contribution in [1.82, 2.24) is 10.2 Å². The van der Waals surface area contributed by atoms with Gasteiger partial charge in [0, 0.05) is 25.7 Å². The quantitative estimate of drug-likeness (QED) is 0.697. The molecule has 0 aliphatic carbocycles. The largest absolute Gasteiger partial charge is 0.377 e. The first kappa shape index (κ1) is 16.9. The zero-order valence-corrected chi connectivity index (χ0v) is 13.5. The van der Waals surface area contributed by atoms with E-state index in [-0.39, 0.29) is 0 Å². The third kappa shape index (κ3) is 6.24. The third-order valence-corrected chi connectivity index (χ3v) is 4.27. The van der Waals surface area contributed by atoms with E-state index in [1.807, 2.05) is 0 Å². The van der Waals surface area contributed by atoms with Crippen LogP contribution in [0.1, 0.15) is 53.4 Å². The molecule has 3 atom stereocenters. The fourth-order valence-electron chi connectivity index (χ4n) is 2.87. The van der Waals surface area contributed by atoms with Gasteiger partial charge in [-0.1, -0.05) is 34.1 Å². The van der Waals surface area contributed by atoms with Gasteiger partial charge in [-0.2, -0.15) is 0 Å². The second-order valence-electron chi connectivity index (χ2n) is 5.94. The van der Waals surface area contributed by atoms with Crippen molar-refractivity contribution in [3.8, 4) is 0 Å². The van der Waals surface area contributed by atoms with Crippen LogP contribution in [0.4, 0.5) is 0 Å². The van der Waals surface area contributed by atoms with Crippen LogP contribution in [-0.2, 0) is 4.74 Å². The molecule has 1 aliphatic rings. The van der Waals surface area contributed by atoms with Gasteiger partial charge in [-0.15, -0.1) is 0 Å². The summed E-state index contributed by atoms with van der Waals surface area (Å²) in [5.41, 5.74) is 0. The molecule has 1 rings (SSSR count). The molecule has 1 aliphatic heterocycles. The monoisotopic (exact) mass is 270 g/mol. The van der Waals surface area contributed by atoms with E-state index >= 15 is 0 Å². The van der Waals surface area contributed by atoms with Gasteiger partial charge in [0.05, 0.1) is 6.10 Å². The van der Waals surface area contributed by atoms with E-state index in [4.69, 9.17) is 4.74 Å². The second kappa shape index (κ2) is 9.73. The summed E-state index contributed by atoms with van der Waals surface area (Å²) in [6.07, 6.45) is 5.37. The number of rotatable bonds is 9. The molecule has 1 N–H and O–H groups in total. The van der Waals surface area contributed by atoms with Gasteiger partial charge >= 0.3 is 0 Å². The van der Waals surface area contributed by atoms with Crippen LogP contribution in [0, 0.1) is 5.92 Å². The lowest BCUT2D eigenvalue weighted by atomic mass is 9.97. The van der Waals surface area contributed by atoms with E-state index in [1.165, 1.54) is 32.4 Å². The molecule has 0 aromatic rings. The number of likely N-dealkylation sites (N-methyl/N-ethyl adjacent to an activating group) is 1. The number of nitrogens with one attached hydrogen (secondary N) is 1. The van der Waals surface area contributed by atoms with Crippen molar-refractivity contribution in [2.45, 2.75) is 65.5 Å². The number of hydrogen-bond donors (Lipinski definition) is 1. The summed E-state index contributed by atoms with van der Waals surface area (Å²) in [6.45, 7) is 14.6. The van der Waals surface area contributed by atoms with Crippen molar-refractivity contribution in [3.63, 3.8) is 0 Å². The van der Waals surface area contributed by atoms with Crippen molar-refractivity contribution in [1.29, 1.82) is 0 Å². The van der Waals surface area contributed by atoms with Crippen molar-refractivity contribution in [3.05, 3.63) is 0 Å². The molecule has 3 unspecified atom stereocenters. The van der Waals surface area contributed by atoms with Crippen LogP contribution in [0.2, 0.25) is 0 Å². The Labute approximate surface area is 120 Å². The predicted molar refractivity (Wildman–Crippen MR) is 82.6 cm³/mol. The van der Waals surface area contributed by atoms with Gasteiger partial charge in [0.25, 0.3) is 0 Å². The molecule has 1 fully saturated rings. The number of nitrogens with zero attached hydrogens (tertiary/aromatic N) is 1. The summed E-state index contributed by atoms with van der Waals surface area (Å²) in [5.74, 6) is 0.747. The molecule has 3 nitrogen and oxygen atoms in total.